The summed E-state index contributed by atoms with van der Waals surface area (Å²) in [5.41, 5.74) is 1.76. The monoisotopic (exact) mass is 415 g/mol. The second-order valence-corrected chi connectivity index (χ2v) is 8.28. The van der Waals surface area contributed by atoms with Crippen LogP contribution in [0.15, 0.2) is 59.7 Å². The van der Waals surface area contributed by atoms with Crippen molar-refractivity contribution in [3.05, 3.63) is 65.2 Å². The zero-order chi connectivity index (χ0) is 21.4. The third kappa shape index (κ3) is 3.60. The summed E-state index contributed by atoms with van der Waals surface area (Å²) < 4.78 is 2.73. The van der Waals surface area contributed by atoms with Gasteiger partial charge >= 0.3 is 0 Å². The first-order chi connectivity index (χ1) is 15.1. The number of hydrogen-bond acceptors (Lipinski definition) is 4. The van der Waals surface area contributed by atoms with Crippen molar-refractivity contribution in [2.75, 3.05) is 7.05 Å². The number of amides is 1. The van der Waals surface area contributed by atoms with Crippen molar-refractivity contribution in [1.29, 1.82) is 0 Å². The SMILES string of the molecule is CN(C(=O)Cn1ncn2nc(-c3cccc4ccccc34)cc2c1=O)C1CCCCC1. The number of nitrogens with zero attached hydrogens (tertiary/aromatic N) is 5. The van der Waals surface area contributed by atoms with E-state index < -0.39 is 0 Å². The number of fused-ring (bicyclic) bond motifs is 2. The molecule has 2 aromatic heterocycles. The van der Waals surface area contributed by atoms with Crippen molar-refractivity contribution in [2.45, 2.75) is 44.7 Å². The van der Waals surface area contributed by atoms with E-state index in [1.165, 1.54) is 21.9 Å². The zero-order valence-electron chi connectivity index (χ0n) is 17.6. The van der Waals surface area contributed by atoms with Crippen LogP contribution in [0, 0.1) is 0 Å². The Labute approximate surface area is 179 Å². The fourth-order valence-corrected chi connectivity index (χ4v) is 4.54. The first-order valence-electron chi connectivity index (χ1n) is 10.8. The molecule has 0 bridgehead atoms. The van der Waals surface area contributed by atoms with Crippen LogP contribution in [0.3, 0.4) is 0 Å². The highest BCUT2D eigenvalue weighted by Crippen LogP contribution is 2.27. The van der Waals surface area contributed by atoms with Crippen LogP contribution in [-0.2, 0) is 11.3 Å². The molecule has 4 aromatic rings. The molecular formula is C24H25N5O2. The van der Waals surface area contributed by atoms with Crippen molar-refractivity contribution < 1.29 is 4.79 Å². The predicted octanol–water partition coefficient (Wildman–Crippen LogP) is 3.50. The second-order valence-electron chi connectivity index (χ2n) is 8.28. The molecule has 5 rings (SSSR count). The summed E-state index contributed by atoms with van der Waals surface area (Å²) in [6.07, 6.45) is 7.09. The van der Waals surface area contributed by atoms with Gasteiger partial charge in [-0.05, 0) is 29.7 Å². The molecule has 1 fully saturated rings. The number of carbonyl (C=O) groups is 1. The summed E-state index contributed by atoms with van der Waals surface area (Å²) in [4.78, 5) is 27.6. The number of rotatable bonds is 4. The lowest BCUT2D eigenvalue weighted by molar-refractivity contribution is -0.133. The first kappa shape index (κ1) is 19.5. The molecule has 0 N–H and O–H groups in total. The van der Waals surface area contributed by atoms with Gasteiger partial charge in [-0.15, -0.1) is 0 Å². The molecule has 0 atom stereocenters. The van der Waals surface area contributed by atoms with Crippen LogP contribution < -0.4 is 5.56 Å². The van der Waals surface area contributed by atoms with E-state index in [2.05, 4.69) is 22.3 Å². The highest BCUT2D eigenvalue weighted by Gasteiger charge is 2.23. The second kappa shape index (κ2) is 7.98. The Morgan fingerprint density at radius 1 is 1.10 bits per heavy atom. The maximum absolute atomic E-state index is 13.0. The Morgan fingerprint density at radius 3 is 2.71 bits per heavy atom. The number of aromatic nitrogens is 4. The van der Waals surface area contributed by atoms with E-state index in [1.54, 1.807) is 11.0 Å². The molecule has 0 spiro atoms. The predicted molar refractivity (Wildman–Crippen MR) is 120 cm³/mol. The molecule has 7 heteroatoms. The van der Waals surface area contributed by atoms with E-state index in [1.807, 2.05) is 37.4 Å². The molecule has 0 radical (unpaired) electrons. The van der Waals surface area contributed by atoms with Gasteiger partial charge in [-0.25, -0.2) is 9.20 Å². The maximum atomic E-state index is 13.0. The minimum atomic E-state index is -0.313. The molecule has 2 aromatic carbocycles. The van der Waals surface area contributed by atoms with Gasteiger partial charge in [0.2, 0.25) is 5.91 Å². The lowest BCUT2D eigenvalue weighted by atomic mass is 9.94. The summed E-state index contributed by atoms with van der Waals surface area (Å²) >= 11 is 0. The number of carbonyl (C=O) groups excluding carboxylic acids is 1. The molecule has 158 valence electrons. The largest absolute Gasteiger partial charge is 0.341 e. The topological polar surface area (TPSA) is 72.5 Å². The van der Waals surface area contributed by atoms with Crippen molar-refractivity contribution in [1.82, 2.24) is 24.3 Å². The van der Waals surface area contributed by atoms with Gasteiger partial charge in [0.15, 0.2) is 0 Å². The van der Waals surface area contributed by atoms with Crippen LogP contribution in [0.4, 0.5) is 0 Å². The van der Waals surface area contributed by atoms with E-state index in [4.69, 9.17) is 0 Å². The van der Waals surface area contributed by atoms with Crippen molar-refractivity contribution in [3.8, 4) is 11.3 Å². The molecule has 0 unspecified atom stereocenters. The van der Waals surface area contributed by atoms with Gasteiger partial charge < -0.3 is 4.90 Å². The summed E-state index contributed by atoms with van der Waals surface area (Å²) in [6.45, 7) is -0.0584. The first-order valence-corrected chi connectivity index (χ1v) is 10.8. The lowest BCUT2D eigenvalue weighted by Gasteiger charge is -2.31. The number of benzene rings is 2. The highest BCUT2D eigenvalue weighted by molar-refractivity contribution is 5.96. The normalized spacial score (nSPS) is 14.9. The molecule has 0 saturated heterocycles. The zero-order valence-corrected chi connectivity index (χ0v) is 17.6. The van der Waals surface area contributed by atoms with Crippen LogP contribution in [0.2, 0.25) is 0 Å². The molecule has 2 heterocycles. The van der Waals surface area contributed by atoms with E-state index in [0.717, 1.165) is 42.0 Å². The third-order valence-corrected chi connectivity index (χ3v) is 6.36. The molecule has 1 aliphatic rings. The molecular weight excluding hydrogens is 390 g/mol. The van der Waals surface area contributed by atoms with Gasteiger partial charge in [0.25, 0.3) is 5.56 Å². The van der Waals surface area contributed by atoms with Gasteiger partial charge in [-0.3, -0.25) is 9.59 Å². The van der Waals surface area contributed by atoms with E-state index in [0.29, 0.717) is 11.2 Å². The van der Waals surface area contributed by atoms with E-state index >= 15 is 0 Å². The van der Waals surface area contributed by atoms with Gasteiger partial charge in [0.05, 0.1) is 5.69 Å². The Hall–Kier alpha value is -3.48. The summed E-state index contributed by atoms with van der Waals surface area (Å²) in [5, 5.41) is 11.0. The Bertz CT molecular complexity index is 1310. The molecule has 31 heavy (non-hydrogen) atoms. The average Bonchev–Trinajstić information content (AvgIpc) is 3.25. The standard InChI is InChI=1S/C24H25N5O2/c1-27(18-10-3-2-4-11-18)23(30)15-28-24(31)22-14-21(26-29(22)16-25-28)20-13-7-9-17-8-5-6-12-19(17)20/h5-9,12-14,16,18H,2-4,10-11,15H2,1H3. The van der Waals surface area contributed by atoms with E-state index in [9.17, 15) is 9.59 Å². The van der Waals surface area contributed by atoms with Gasteiger partial charge in [0.1, 0.15) is 18.4 Å². The summed E-state index contributed by atoms with van der Waals surface area (Å²) in [7, 11) is 1.83. The number of hydrogen-bond donors (Lipinski definition) is 0. The Balaban J connectivity index is 1.46. The molecule has 7 nitrogen and oxygen atoms in total. The maximum Gasteiger partial charge on any atom is 0.293 e. The van der Waals surface area contributed by atoms with Crippen LogP contribution >= 0.6 is 0 Å². The Morgan fingerprint density at radius 2 is 1.87 bits per heavy atom. The average molecular weight is 415 g/mol. The molecule has 1 aliphatic carbocycles. The van der Waals surface area contributed by atoms with Crippen LogP contribution in [0.25, 0.3) is 27.5 Å². The van der Waals surface area contributed by atoms with Gasteiger partial charge in [-0.2, -0.15) is 10.2 Å². The smallest absolute Gasteiger partial charge is 0.293 e. The van der Waals surface area contributed by atoms with Gasteiger partial charge in [0, 0.05) is 18.7 Å². The Kier molecular flexibility index (Phi) is 5.02. The van der Waals surface area contributed by atoms with E-state index in [-0.39, 0.29) is 24.1 Å². The van der Waals surface area contributed by atoms with Crippen molar-refractivity contribution in [2.24, 2.45) is 0 Å². The molecule has 1 amide bonds. The minimum Gasteiger partial charge on any atom is -0.341 e. The minimum absolute atomic E-state index is 0.0584. The third-order valence-electron chi connectivity index (χ3n) is 6.36. The van der Waals surface area contributed by atoms with Crippen molar-refractivity contribution in [3.63, 3.8) is 0 Å². The fourth-order valence-electron chi connectivity index (χ4n) is 4.54. The summed E-state index contributed by atoms with van der Waals surface area (Å²) in [5.74, 6) is -0.0837. The summed E-state index contributed by atoms with van der Waals surface area (Å²) in [6, 6.07) is 16.2. The van der Waals surface area contributed by atoms with Gasteiger partial charge in [-0.1, -0.05) is 61.7 Å². The lowest BCUT2D eigenvalue weighted by Crippen LogP contribution is -2.42. The molecule has 1 saturated carbocycles. The molecule has 0 aliphatic heterocycles. The van der Waals surface area contributed by atoms with Crippen molar-refractivity contribution >= 4 is 22.2 Å². The van der Waals surface area contributed by atoms with Crippen LogP contribution in [0.1, 0.15) is 32.1 Å². The van der Waals surface area contributed by atoms with Crippen LogP contribution in [0.5, 0.6) is 0 Å². The number of likely N-dealkylation sites (N-methyl/N-ethyl adjacent to an activating group) is 1. The van der Waals surface area contributed by atoms with Crippen LogP contribution in [-0.4, -0.2) is 43.3 Å². The highest BCUT2D eigenvalue weighted by atomic mass is 16.2. The quantitative estimate of drug-likeness (QED) is 0.511. The fraction of sp³-hybridized carbons (Fsp3) is 0.333.